The molecule has 1 atom stereocenters. The number of benzene rings is 2. The standard InChI is InChI=1S/C18H29BN6O5.C8H7F3/c20-5-7-25(8-6-21)17(27)4-3-15(22)18(28)23-10-16(26)24-13-2-1-12-11-30-19(29)14(12)9-13;1-6-2-4-7(5-3-6)8(9,10)11/h1-2,9,15,29H,3-8,10-11,20-22H2,(H,23,28)(H,24,26);2-5H,1H3. The largest absolute Gasteiger partial charge is 0.491 e. The monoisotopic (exact) mass is 580 g/mol. The van der Waals surface area contributed by atoms with Gasteiger partial charge in [-0.3, -0.25) is 14.4 Å². The number of amides is 3. The van der Waals surface area contributed by atoms with Crippen LogP contribution in [-0.2, 0) is 31.8 Å². The SMILES string of the molecule is Cc1ccc(C(F)(F)F)cc1.NCCN(CCN)C(=O)CCC(N)C(=O)NCC(=O)Nc1ccc2c(c1)B(O)OC2. The minimum atomic E-state index is -4.21. The summed E-state index contributed by atoms with van der Waals surface area (Å²) in [4.78, 5) is 37.9. The maximum absolute atomic E-state index is 12.2. The number of hydrogen-bond acceptors (Lipinski definition) is 8. The molecule has 224 valence electrons. The van der Waals surface area contributed by atoms with Gasteiger partial charge in [0.2, 0.25) is 17.7 Å². The van der Waals surface area contributed by atoms with Gasteiger partial charge in [0.15, 0.2) is 0 Å². The molecule has 0 fully saturated rings. The molecule has 1 heterocycles. The molecule has 3 rings (SSSR count). The fraction of sp³-hybridized carbons (Fsp3) is 0.423. The lowest BCUT2D eigenvalue weighted by Gasteiger charge is -2.22. The highest BCUT2D eigenvalue weighted by Gasteiger charge is 2.30. The second-order valence-corrected chi connectivity index (χ2v) is 9.31. The van der Waals surface area contributed by atoms with Crippen LogP contribution in [0.4, 0.5) is 18.9 Å². The summed E-state index contributed by atoms with van der Waals surface area (Å²) in [6.45, 7) is 3.22. The van der Waals surface area contributed by atoms with Crippen LogP contribution < -0.4 is 33.3 Å². The Morgan fingerprint density at radius 3 is 2.32 bits per heavy atom. The van der Waals surface area contributed by atoms with Crippen LogP contribution in [0.1, 0.15) is 29.5 Å². The number of fused-ring (bicyclic) bond motifs is 1. The van der Waals surface area contributed by atoms with Crippen LogP contribution in [0.15, 0.2) is 42.5 Å². The third-order valence-electron chi connectivity index (χ3n) is 6.05. The Bertz CT molecular complexity index is 1160. The van der Waals surface area contributed by atoms with Crippen molar-refractivity contribution in [2.75, 3.05) is 38.0 Å². The molecule has 0 saturated carbocycles. The average Bonchev–Trinajstić information content (AvgIpc) is 3.30. The van der Waals surface area contributed by atoms with Gasteiger partial charge in [-0.25, -0.2) is 0 Å². The van der Waals surface area contributed by atoms with Gasteiger partial charge in [-0.2, -0.15) is 13.2 Å². The first-order chi connectivity index (χ1) is 19.3. The highest BCUT2D eigenvalue weighted by molar-refractivity contribution is 6.61. The molecule has 41 heavy (non-hydrogen) atoms. The molecule has 0 radical (unpaired) electrons. The van der Waals surface area contributed by atoms with Crippen LogP contribution in [0.2, 0.25) is 0 Å². The third-order valence-corrected chi connectivity index (χ3v) is 6.05. The Kier molecular flexibility index (Phi) is 13.2. The van der Waals surface area contributed by atoms with Crippen LogP contribution in [0.25, 0.3) is 0 Å². The van der Waals surface area contributed by atoms with E-state index < -0.39 is 36.7 Å². The molecular formula is C26H36BF3N6O5. The average molecular weight is 580 g/mol. The van der Waals surface area contributed by atoms with Crippen molar-refractivity contribution in [2.45, 2.75) is 38.6 Å². The van der Waals surface area contributed by atoms with Crippen molar-refractivity contribution < 1.29 is 37.2 Å². The van der Waals surface area contributed by atoms with Gasteiger partial charge in [0.05, 0.1) is 24.8 Å². The third kappa shape index (κ3) is 11.1. The zero-order valence-electron chi connectivity index (χ0n) is 22.7. The van der Waals surface area contributed by atoms with E-state index in [-0.39, 0.29) is 25.3 Å². The Labute approximate surface area is 236 Å². The van der Waals surface area contributed by atoms with E-state index in [1.807, 2.05) is 0 Å². The van der Waals surface area contributed by atoms with Gasteiger partial charge in [-0.05, 0) is 48.6 Å². The van der Waals surface area contributed by atoms with E-state index in [1.54, 1.807) is 25.1 Å². The number of rotatable bonds is 11. The van der Waals surface area contributed by atoms with Gasteiger partial charge in [-0.15, -0.1) is 0 Å². The van der Waals surface area contributed by atoms with E-state index in [0.717, 1.165) is 23.3 Å². The molecule has 15 heteroatoms. The number of nitrogens with two attached hydrogens (primary N) is 3. The van der Waals surface area contributed by atoms with Crippen LogP contribution in [0, 0.1) is 6.92 Å². The van der Waals surface area contributed by atoms with Crippen molar-refractivity contribution in [3.63, 3.8) is 0 Å². The fourth-order valence-electron chi connectivity index (χ4n) is 3.78. The van der Waals surface area contributed by atoms with Crippen molar-refractivity contribution in [2.24, 2.45) is 17.2 Å². The predicted octanol–water partition coefficient (Wildman–Crippen LogP) is -0.174. The molecule has 0 spiro atoms. The number of alkyl halides is 3. The molecule has 0 aromatic heterocycles. The first kappa shape index (κ1) is 33.7. The van der Waals surface area contributed by atoms with E-state index in [1.165, 1.54) is 17.0 Å². The van der Waals surface area contributed by atoms with E-state index in [2.05, 4.69) is 10.6 Å². The second-order valence-electron chi connectivity index (χ2n) is 9.31. The van der Waals surface area contributed by atoms with Crippen molar-refractivity contribution in [1.82, 2.24) is 10.2 Å². The Morgan fingerprint density at radius 2 is 1.73 bits per heavy atom. The number of carbonyl (C=O) groups is 3. The lowest BCUT2D eigenvalue weighted by atomic mass is 9.79. The summed E-state index contributed by atoms with van der Waals surface area (Å²) in [5.74, 6) is -1.15. The van der Waals surface area contributed by atoms with Crippen molar-refractivity contribution in [3.05, 3.63) is 59.2 Å². The zero-order chi connectivity index (χ0) is 30.6. The number of carbonyl (C=O) groups excluding carboxylic acids is 3. The Morgan fingerprint density at radius 1 is 1.10 bits per heavy atom. The lowest BCUT2D eigenvalue weighted by molar-refractivity contribution is -0.137. The smallest absolute Gasteiger partial charge is 0.423 e. The Balaban J connectivity index is 0.000000446. The zero-order valence-corrected chi connectivity index (χ0v) is 22.7. The summed E-state index contributed by atoms with van der Waals surface area (Å²) >= 11 is 0. The van der Waals surface area contributed by atoms with Crippen molar-refractivity contribution in [1.29, 1.82) is 0 Å². The number of hydrogen-bond donors (Lipinski definition) is 6. The molecule has 2 aromatic carbocycles. The maximum atomic E-state index is 12.2. The van der Waals surface area contributed by atoms with Crippen molar-refractivity contribution in [3.8, 4) is 0 Å². The summed E-state index contributed by atoms with van der Waals surface area (Å²) in [5.41, 5.74) is 18.9. The number of aryl methyl sites for hydroxylation is 1. The first-order valence-corrected chi connectivity index (χ1v) is 12.9. The molecule has 1 unspecified atom stereocenters. The van der Waals surface area contributed by atoms with Crippen LogP contribution in [0.3, 0.4) is 0 Å². The van der Waals surface area contributed by atoms with Crippen LogP contribution in [-0.4, -0.2) is 73.5 Å². The highest BCUT2D eigenvalue weighted by Crippen LogP contribution is 2.28. The number of halogens is 3. The molecule has 1 aliphatic rings. The maximum Gasteiger partial charge on any atom is 0.491 e. The van der Waals surface area contributed by atoms with Crippen LogP contribution >= 0.6 is 0 Å². The molecule has 0 aliphatic carbocycles. The second kappa shape index (κ2) is 16.1. The number of nitrogens with zero attached hydrogens (tertiary/aromatic N) is 1. The van der Waals surface area contributed by atoms with Gasteiger partial charge in [0.1, 0.15) is 0 Å². The Hall–Kier alpha value is -3.50. The summed E-state index contributed by atoms with van der Waals surface area (Å²) in [6.07, 6.45) is -3.99. The van der Waals surface area contributed by atoms with E-state index in [0.29, 0.717) is 43.9 Å². The van der Waals surface area contributed by atoms with Crippen LogP contribution in [0.5, 0.6) is 0 Å². The molecule has 2 aromatic rings. The first-order valence-electron chi connectivity index (χ1n) is 12.9. The van der Waals surface area contributed by atoms with E-state index >= 15 is 0 Å². The molecule has 3 amide bonds. The lowest BCUT2D eigenvalue weighted by Crippen LogP contribution is -2.45. The fourth-order valence-corrected chi connectivity index (χ4v) is 3.78. The minimum Gasteiger partial charge on any atom is -0.423 e. The van der Waals surface area contributed by atoms with E-state index in [9.17, 15) is 32.6 Å². The summed E-state index contributed by atoms with van der Waals surface area (Å²) in [7, 11) is -1.01. The predicted molar refractivity (Wildman–Crippen MR) is 149 cm³/mol. The van der Waals surface area contributed by atoms with Crippen molar-refractivity contribution >= 4 is 36.0 Å². The molecule has 0 bridgehead atoms. The topological polar surface area (TPSA) is 186 Å². The van der Waals surface area contributed by atoms with E-state index in [4.69, 9.17) is 21.9 Å². The molecule has 1 aliphatic heterocycles. The molecule has 9 N–H and O–H groups in total. The van der Waals surface area contributed by atoms with Gasteiger partial charge in [-0.1, -0.05) is 23.8 Å². The summed E-state index contributed by atoms with van der Waals surface area (Å²) in [6, 6.07) is 9.19. The normalized spacial score (nSPS) is 13.0. The van der Waals surface area contributed by atoms with Gasteiger partial charge in [0.25, 0.3) is 0 Å². The summed E-state index contributed by atoms with van der Waals surface area (Å²) in [5, 5.41) is 14.8. The summed E-state index contributed by atoms with van der Waals surface area (Å²) < 4.78 is 40.9. The minimum absolute atomic E-state index is 0.0836. The van der Waals surface area contributed by atoms with Gasteiger partial charge >= 0.3 is 13.3 Å². The molecule has 11 nitrogen and oxygen atoms in total. The van der Waals surface area contributed by atoms with Gasteiger partial charge < -0.3 is 42.4 Å². The highest BCUT2D eigenvalue weighted by atomic mass is 19.4. The number of anilines is 1. The quantitative estimate of drug-likeness (QED) is 0.198. The molecule has 0 saturated heterocycles. The van der Waals surface area contributed by atoms with Gasteiger partial charge in [0, 0.05) is 38.3 Å². The number of nitrogens with one attached hydrogen (secondary N) is 2. The molecular weight excluding hydrogens is 544 g/mol.